The van der Waals surface area contributed by atoms with Crippen LogP contribution in [0.15, 0.2) is 60.8 Å². The summed E-state index contributed by atoms with van der Waals surface area (Å²) in [6.45, 7) is 0.913. The quantitative estimate of drug-likeness (QED) is 0.245. The van der Waals surface area contributed by atoms with Crippen LogP contribution < -0.4 is 11.1 Å². The second kappa shape index (κ2) is 14.2. The van der Waals surface area contributed by atoms with Crippen LogP contribution in [0.25, 0.3) is 0 Å². The van der Waals surface area contributed by atoms with Crippen LogP contribution in [0.3, 0.4) is 0 Å². The highest BCUT2D eigenvalue weighted by molar-refractivity contribution is 6.29. The van der Waals surface area contributed by atoms with E-state index in [1.165, 1.54) is 6.20 Å². The van der Waals surface area contributed by atoms with E-state index < -0.39 is 23.9 Å². The minimum Gasteiger partial charge on any atom is -0.478 e. The molecular weight excluding hydrogens is 478 g/mol. The molecule has 13 nitrogen and oxygen atoms in total. The first kappa shape index (κ1) is 28.9. The molecule has 0 spiro atoms. The van der Waals surface area contributed by atoms with E-state index in [1.54, 1.807) is 30.3 Å². The summed E-state index contributed by atoms with van der Waals surface area (Å²) in [7, 11) is 0. The summed E-state index contributed by atoms with van der Waals surface area (Å²) < 4.78 is 0. The van der Waals surface area contributed by atoms with Gasteiger partial charge in [-0.25, -0.2) is 24.2 Å². The van der Waals surface area contributed by atoms with Crippen molar-refractivity contribution in [1.29, 1.82) is 0 Å². The zero-order valence-electron chi connectivity index (χ0n) is 18.5. The summed E-state index contributed by atoms with van der Waals surface area (Å²) in [5.41, 5.74) is 7.05. The van der Waals surface area contributed by atoms with Crippen LogP contribution in [-0.4, -0.2) is 73.9 Å². The molecule has 0 aliphatic heterocycles. The van der Waals surface area contributed by atoms with E-state index in [9.17, 15) is 28.8 Å². The third-order valence-electron chi connectivity index (χ3n) is 4.01. The molecule has 188 valence electrons. The Balaban J connectivity index is 0.000000337. The Morgan fingerprint density at radius 1 is 0.750 bits per heavy atom. The lowest BCUT2D eigenvalue weighted by molar-refractivity contribution is -0.134. The number of nitrogens with one attached hydrogen (secondary N) is 1. The number of benzene rings is 1. The molecule has 0 amide bonds. The summed E-state index contributed by atoms with van der Waals surface area (Å²) in [6, 6.07) is 8.42. The van der Waals surface area contributed by atoms with E-state index in [0.29, 0.717) is 65.5 Å². The van der Waals surface area contributed by atoms with Crippen molar-refractivity contribution >= 4 is 41.3 Å². The van der Waals surface area contributed by atoms with Crippen molar-refractivity contribution in [2.45, 2.75) is 0 Å². The molecule has 0 bridgehead atoms. The maximum Gasteiger partial charge on any atom is 0.328 e. The van der Waals surface area contributed by atoms with Gasteiger partial charge in [-0.15, -0.1) is 0 Å². The summed E-state index contributed by atoms with van der Waals surface area (Å²) in [5.74, 6) is -4.93. The molecule has 0 fully saturated rings. The van der Waals surface area contributed by atoms with E-state index in [2.05, 4.69) is 10.3 Å². The van der Waals surface area contributed by atoms with Gasteiger partial charge in [0.15, 0.2) is 11.6 Å². The molecule has 0 saturated carbocycles. The van der Waals surface area contributed by atoms with Crippen LogP contribution in [0.5, 0.6) is 0 Å². The fourth-order valence-corrected chi connectivity index (χ4v) is 2.65. The lowest BCUT2D eigenvalue weighted by Gasteiger charge is -2.19. The molecular formula is C23H21N3O10. The molecule has 36 heavy (non-hydrogen) atoms. The van der Waals surface area contributed by atoms with Crippen molar-refractivity contribution < 1.29 is 49.2 Å². The molecule has 0 atom stereocenters. The van der Waals surface area contributed by atoms with Gasteiger partial charge in [0.2, 0.25) is 0 Å². The number of hydrogen-bond donors (Lipinski definition) is 6. The highest BCUT2D eigenvalue weighted by Crippen LogP contribution is 2.30. The summed E-state index contributed by atoms with van der Waals surface area (Å²) in [6.07, 6.45) is 3.76. The maximum atomic E-state index is 12.6. The Bertz CT molecular complexity index is 1170. The summed E-state index contributed by atoms with van der Waals surface area (Å²) in [4.78, 5) is 67.4. The van der Waals surface area contributed by atoms with Crippen LogP contribution >= 0.6 is 0 Å². The SMILES string of the molecule is NCCNc1nccc2c1C(=O)c1ccccc1C2=O.O=C(O)/C=C\C(=O)O.O=C(O)/C=C\C(=O)O. The number of hydrogen-bond acceptors (Lipinski definition) is 9. The van der Waals surface area contributed by atoms with E-state index in [4.69, 9.17) is 26.2 Å². The van der Waals surface area contributed by atoms with Gasteiger partial charge in [0, 0.05) is 60.3 Å². The van der Waals surface area contributed by atoms with Gasteiger partial charge in [0.25, 0.3) is 0 Å². The fourth-order valence-electron chi connectivity index (χ4n) is 2.65. The largest absolute Gasteiger partial charge is 0.478 e. The average molecular weight is 499 g/mol. The number of anilines is 1. The molecule has 1 aliphatic rings. The Morgan fingerprint density at radius 2 is 1.19 bits per heavy atom. The maximum absolute atomic E-state index is 12.6. The number of pyridine rings is 1. The predicted octanol–water partition coefficient (Wildman–Crippen LogP) is 0.651. The number of fused-ring (bicyclic) bond motifs is 2. The third kappa shape index (κ3) is 8.99. The fraction of sp³-hybridized carbons (Fsp3) is 0.0870. The zero-order chi connectivity index (χ0) is 27.3. The number of nitrogens with two attached hydrogens (primary N) is 1. The Kier molecular flexibility index (Phi) is 11.4. The number of nitrogens with zero attached hydrogens (tertiary/aromatic N) is 1. The van der Waals surface area contributed by atoms with Crippen LogP contribution in [0.2, 0.25) is 0 Å². The molecule has 0 saturated heterocycles. The molecule has 1 aromatic carbocycles. The lowest BCUT2D eigenvalue weighted by atomic mass is 9.84. The topological polar surface area (TPSA) is 234 Å². The van der Waals surface area contributed by atoms with Gasteiger partial charge >= 0.3 is 23.9 Å². The van der Waals surface area contributed by atoms with Crippen molar-refractivity contribution in [2.75, 3.05) is 18.4 Å². The predicted molar refractivity (Wildman–Crippen MR) is 124 cm³/mol. The number of carbonyl (C=O) groups is 6. The molecule has 1 heterocycles. The first-order valence-electron chi connectivity index (χ1n) is 9.88. The molecule has 1 aromatic heterocycles. The smallest absolute Gasteiger partial charge is 0.328 e. The van der Waals surface area contributed by atoms with Gasteiger partial charge in [0.1, 0.15) is 5.82 Å². The van der Waals surface area contributed by atoms with Crippen molar-refractivity contribution in [2.24, 2.45) is 5.73 Å². The van der Waals surface area contributed by atoms with Crippen LogP contribution in [0.4, 0.5) is 5.82 Å². The lowest BCUT2D eigenvalue weighted by Crippen LogP contribution is -2.24. The van der Waals surface area contributed by atoms with Gasteiger partial charge in [-0.2, -0.15) is 0 Å². The highest BCUT2D eigenvalue weighted by Gasteiger charge is 2.31. The standard InChI is InChI=1S/C15H13N3O2.2C4H4O4/c16-6-8-18-15-12-11(5-7-17-15)13(19)9-3-1-2-4-10(9)14(12)20;2*5-3(6)1-2-4(7)8/h1-5,7H,6,8,16H2,(H,17,18);2*1-2H,(H,5,6)(H,7,8)/b;2*2-1-. The summed E-state index contributed by atoms with van der Waals surface area (Å²) in [5, 5.41) is 34.2. The normalized spacial score (nSPS) is 11.4. The van der Waals surface area contributed by atoms with Crippen molar-refractivity contribution in [3.05, 3.63) is 83.1 Å². The van der Waals surface area contributed by atoms with Crippen molar-refractivity contribution in [3.8, 4) is 0 Å². The van der Waals surface area contributed by atoms with Gasteiger partial charge in [-0.05, 0) is 6.07 Å². The number of rotatable bonds is 7. The molecule has 13 heteroatoms. The second-order valence-electron chi connectivity index (χ2n) is 6.52. The first-order valence-corrected chi connectivity index (χ1v) is 9.88. The van der Waals surface area contributed by atoms with E-state index in [1.807, 2.05) is 0 Å². The Hall–Kier alpha value is -5.17. The summed E-state index contributed by atoms with van der Waals surface area (Å²) >= 11 is 0. The number of carbonyl (C=O) groups excluding carboxylic acids is 2. The van der Waals surface area contributed by atoms with Crippen molar-refractivity contribution in [3.63, 3.8) is 0 Å². The first-order chi connectivity index (χ1) is 17.0. The molecule has 0 radical (unpaired) electrons. The minimum atomic E-state index is -1.26. The number of aliphatic carboxylic acids is 4. The van der Waals surface area contributed by atoms with Crippen LogP contribution in [0.1, 0.15) is 31.8 Å². The second-order valence-corrected chi connectivity index (χ2v) is 6.52. The molecule has 0 unspecified atom stereocenters. The van der Waals surface area contributed by atoms with E-state index in [0.717, 1.165) is 0 Å². The van der Waals surface area contributed by atoms with E-state index in [-0.39, 0.29) is 11.6 Å². The van der Waals surface area contributed by atoms with Gasteiger partial charge in [-0.1, -0.05) is 24.3 Å². The zero-order valence-corrected chi connectivity index (χ0v) is 18.5. The highest BCUT2D eigenvalue weighted by atomic mass is 16.4. The third-order valence-corrected chi connectivity index (χ3v) is 4.01. The van der Waals surface area contributed by atoms with Gasteiger partial charge in [-0.3, -0.25) is 9.59 Å². The van der Waals surface area contributed by atoms with Crippen LogP contribution in [0, 0.1) is 0 Å². The number of carboxylic acids is 4. The Morgan fingerprint density at radius 3 is 1.61 bits per heavy atom. The Labute approximate surface area is 203 Å². The van der Waals surface area contributed by atoms with Gasteiger partial charge < -0.3 is 31.5 Å². The van der Waals surface area contributed by atoms with E-state index >= 15 is 0 Å². The average Bonchev–Trinajstić information content (AvgIpc) is 2.84. The number of carboxylic acid groups (broad SMARTS) is 4. The number of aromatic nitrogens is 1. The number of ketones is 2. The molecule has 1 aliphatic carbocycles. The minimum absolute atomic E-state index is 0.145. The molecule has 3 rings (SSSR count). The molecule has 7 N–H and O–H groups in total. The molecule has 2 aromatic rings. The van der Waals surface area contributed by atoms with Crippen molar-refractivity contribution in [1.82, 2.24) is 4.98 Å². The van der Waals surface area contributed by atoms with Gasteiger partial charge in [0.05, 0.1) is 5.56 Å². The van der Waals surface area contributed by atoms with Crippen LogP contribution in [-0.2, 0) is 19.2 Å². The monoisotopic (exact) mass is 499 g/mol.